The average Bonchev–Trinajstić information content (AvgIpc) is 2.84. The molecule has 1 N–H and O–H groups in total. The Hall–Kier alpha value is -0.860. The number of hydrogen-bond donors (Lipinski definition) is 1. The largest absolute Gasteiger partial charge is 0.379 e. The Balaban J connectivity index is 2.11. The fourth-order valence-electron chi connectivity index (χ4n) is 2.30. The van der Waals surface area contributed by atoms with Crippen LogP contribution in [0.3, 0.4) is 0 Å². The number of carbonyl (C=O) groups is 1. The minimum absolute atomic E-state index is 0.0960. The minimum Gasteiger partial charge on any atom is -0.379 e. The highest BCUT2D eigenvalue weighted by atomic mass is 35.5. The maximum Gasteiger partial charge on any atom is 0.254 e. The zero-order chi connectivity index (χ0) is 17.2. The van der Waals surface area contributed by atoms with Crippen molar-refractivity contribution in [2.45, 2.75) is 6.04 Å². The van der Waals surface area contributed by atoms with Crippen LogP contribution in [0, 0.1) is 5.92 Å². The summed E-state index contributed by atoms with van der Waals surface area (Å²) in [6, 6.07) is 4.37. The number of amides is 1. The van der Waals surface area contributed by atoms with E-state index in [9.17, 15) is 13.2 Å². The molecular weight excluding hydrogens is 363 g/mol. The van der Waals surface area contributed by atoms with E-state index in [1.165, 1.54) is 14.1 Å². The van der Waals surface area contributed by atoms with Gasteiger partial charge in [0.2, 0.25) is 10.0 Å². The molecule has 1 aliphatic rings. The van der Waals surface area contributed by atoms with Gasteiger partial charge in [-0.25, -0.2) is 12.7 Å². The second-order valence-electron chi connectivity index (χ2n) is 5.54. The van der Waals surface area contributed by atoms with Gasteiger partial charge in [-0.1, -0.05) is 29.3 Å². The van der Waals surface area contributed by atoms with Gasteiger partial charge in [0, 0.05) is 20.0 Å². The molecule has 1 aromatic rings. The Morgan fingerprint density at radius 1 is 1.30 bits per heavy atom. The first kappa shape index (κ1) is 18.5. The van der Waals surface area contributed by atoms with E-state index in [-0.39, 0.29) is 40.5 Å². The topological polar surface area (TPSA) is 75.7 Å². The molecule has 0 saturated carbocycles. The van der Waals surface area contributed by atoms with Crippen molar-refractivity contribution < 1.29 is 17.9 Å². The number of halogens is 2. The molecule has 0 spiro atoms. The maximum atomic E-state index is 12.4. The highest BCUT2D eigenvalue weighted by Gasteiger charge is 2.34. The monoisotopic (exact) mass is 380 g/mol. The van der Waals surface area contributed by atoms with E-state index in [4.69, 9.17) is 27.9 Å². The van der Waals surface area contributed by atoms with Crippen LogP contribution in [0.4, 0.5) is 0 Å². The molecule has 128 valence electrons. The van der Waals surface area contributed by atoms with Gasteiger partial charge >= 0.3 is 0 Å². The molecule has 9 heteroatoms. The van der Waals surface area contributed by atoms with Crippen molar-refractivity contribution >= 4 is 39.1 Å². The summed E-state index contributed by atoms with van der Waals surface area (Å²) >= 11 is 12.0. The lowest BCUT2D eigenvalue weighted by Gasteiger charge is -2.21. The van der Waals surface area contributed by atoms with Gasteiger partial charge in [-0.05, 0) is 12.1 Å². The number of ether oxygens (including phenoxy) is 1. The smallest absolute Gasteiger partial charge is 0.254 e. The zero-order valence-corrected chi connectivity index (χ0v) is 15.1. The second kappa shape index (κ2) is 7.36. The molecule has 0 bridgehead atoms. The van der Waals surface area contributed by atoms with Gasteiger partial charge in [-0.3, -0.25) is 4.79 Å². The molecule has 0 aromatic heterocycles. The highest BCUT2D eigenvalue weighted by Crippen LogP contribution is 2.25. The first-order chi connectivity index (χ1) is 10.7. The lowest BCUT2D eigenvalue weighted by atomic mass is 10.1. The molecule has 1 heterocycles. The Kier molecular flexibility index (Phi) is 5.91. The number of rotatable bonds is 5. The molecule has 0 aliphatic carbocycles. The van der Waals surface area contributed by atoms with E-state index in [2.05, 4.69) is 5.32 Å². The van der Waals surface area contributed by atoms with Crippen LogP contribution in [0.2, 0.25) is 10.0 Å². The third kappa shape index (κ3) is 4.36. The molecule has 0 unspecified atom stereocenters. The Bertz CT molecular complexity index is 674. The molecule has 23 heavy (non-hydrogen) atoms. The number of carbonyl (C=O) groups excluding carboxylic acids is 1. The van der Waals surface area contributed by atoms with Gasteiger partial charge in [-0.2, -0.15) is 0 Å². The molecule has 1 aliphatic heterocycles. The van der Waals surface area contributed by atoms with Crippen molar-refractivity contribution in [3.8, 4) is 0 Å². The second-order valence-corrected chi connectivity index (χ2v) is 8.58. The molecule has 2 atom stereocenters. The summed E-state index contributed by atoms with van der Waals surface area (Å²) in [5.41, 5.74) is 0.178. The number of sulfonamides is 1. The summed E-state index contributed by atoms with van der Waals surface area (Å²) < 4.78 is 30.5. The highest BCUT2D eigenvalue weighted by molar-refractivity contribution is 7.89. The molecular formula is C14H18Cl2N2O4S. The lowest BCUT2D eigenvalue weighted by molar-refractivity contribution is 0.0926. The number of benzene rings is 1. The van der Waals surface area contributed by atoms with E-state index >= 15 is 0 Å². The van der Waals surface area contributed by atoms with E-state index < -0.39 is 22.0 Å². The summed E-state index contributed by atoms with van der Waals surface area (Å²) in [6.45, 7) is 0.524. The molecule has 1 fully saturated rings. The van der Waals surface area contributed by atoms with Crippen LogP contribution in [-0.4, -0.2) is 57.7 Å². The van der Waals surface area contributed by atoms with Gasteiger partial charge in [0.05, 0.1) is 40.6 Å². The molecule has 1 aromatic carbocycles. The van der Waals surface area contributed by atoms with Crippen LogP contribution in [0.15, 0.2) is 18.2 Å². The molecule has 0 radical (unpaired) electrons. The number of nitrogens with one attached hydrogen (secondary N) is 1. The third-order valence-electron chi connectivity index (χ3n) is 3.69. The Morgan fingerprint density at radius 2 is 1.91 bits per heavy atom. The lowest BCUT2D eigenvalue weighted by Crippen LogP contribution is -2.43. The van der Waals surface area contributed by atoms with Gasteiger partial charge in [0.15, 0.2) is 0 Å². The van der Waals surface area contributed by atoms with Crippen LogP contribution in [0.25, 0.3) is 0 Å². The molecule has 1 saturated heterocycles. The van der Waals surface area contributed by atoms with E-state index in [1.807, 2.05) is 0 Å². The summed E-state index contributed by atoms with van der Waals surface area (Å²) in [6.07, 6.45) is 0. The van der Waals surface area contributed by atoms with Gasteiger partial charge < -0.3 is 10.1 Å². The average molecular weight is 381 g/mol. The van der Waals surface area contributed by atoms with Crippen molar-refractivity contribution in [1.29, 1.82) is 0 Å². The van der Waals surface area contributed by atoms with Crippen LogP contribution >= 0.6 is 23.2 Å². The molecule has 6 nitrogen and oxygen atoms in total. The van der Waals surface area contributed by atoms with Crippen LogP contribution in [-0.2, 0) is 14.8 Å². The van der Waals surface area contributed by atoms with Crippen molar-refractivity contribution in [1.82, 2.24) is 9.62 Å². The standard InChI is InChI=1S/C14H18Cl2N2O4S/c1-18(2)23(20,21)8-9-6-22-7-12(9)17-14(19)13-10(15)4-3-5-11(13)16/h3-5,9,12H,6-8H2,1-2H3,(H,17,19)/t9-,12+/m0/s1. The van der Waals surface area contributed by atoms with Crippen molar-refractivity contribution in [3.63, 3.8) is 0 Å². The summed E-state index contributed by atoms with van der Waals surface area (Å²) in [5.74, 6) is -0.864. The van der Waals surface area contributed by atoms with Crippen LogP contribution in [0.5, 0.6) is 0 Å². The third-order valence-corrected chi connectivity index (χ3v) is 6.28. The Morgan fingerprint density at radius 3 is 2.48 bits per heavy atom. The van der Waals surface area contributed by atoms with E-state index in [1.54, 1.807) is 18.2 Å². The Labute approximate surface area is 145 Å². The molecule has 1 amide bonds. The van der Waals surface area contributed by atoms with Gasteiger partial charge in [0.1, 0.15) is 0 Å². The summed E-state index contributed by atoms with van der Waals surface area (Å²) in [4.78, 5) is 12.4. The van der Waals surface area contributed by atoms with Crippen molar-refractivity contribution in [2.75, 3.05) is 33.1 Å². The minimum atomic E-state index is -3.38. The summed E-state index contributed by atoms with van der Waals surface area (Å²) in [7, 11) is -0.432. The van der Waals surface area contributed by atoms with E-state index in [0.717, 1.165) is 4.31 Å². The predicted octanol–water partition coefficient (Wildman–Crippen LogP) is 1.63. The van der Waals surface area contributed by atoms with Crippen molar-refractivity contribution in [3.05, 3.63) is 33.8 Å². The van der Waals surface area contributed by atoms with Crippen LogP contribution in [0.1, 0.15) is 10.4 Å². The quantitative estimate of drug-likeness (QED) is 0.841. The maximum absolute atomic E-state index is 12.4. The fourth-order valence-corrected chi connectivity index (χ4v) is 4.03. The normalized spacial score (nSPS) is 21.6. The van der Waals surface area contributed by atoms with E-state index in [0.29, 0.717) is 0 Å². The van der Waals surface area contributed by atoms with Crippen molar-refractivity contribution in [2.24, 2.45) is 5.92 Å². The number of hydrogen-bond acceptors (Lipinski definition) is 4. The van der Waals surface area contributed by atoms with Gasteiger partial charge in [0.25, 0.3) is 5.91 Å². The SMILES string of the molecule is CN(C)S(=O)(=O)C[C@@H]1COC[C@H]1NC(=O)c1c(Cl)cccc1Cl. The first-order valence-corrected chi connectivity index (χ1v) is 9.31. The van der Waals surface area contributed by atoms with Gasteiger partial charge in [-0.15, -0.1) is 0 Å². The summed E-state index contributed by atoms with van der Waals surface area (Å²) in [5, 5.41) is 3.26. The van der Waals surface area contributed by atoms with Crippen LogP contribution < -0.4 is 5.32 Å². The zero-order valence-electron chi connectivity index (χ0n) is 12.8. The first-order valence-electron chi connectivity index (χ1n) is 6.95. The predicted molar refractivity (Wildman–Crippen MR) is 89.5 cm³/mol. The molecule has 2 rings (SSSR count). The number of nitrogens with zero attached hydrogens (tertiary/aromatic N) is 1. The fraction of sp³-hybridized carbons (Fsp3) is 0.500.